The Balaban J connectivity index is 2.06. The zero-order valence-electron chi connectivity index (χ0n) is 14.7. The van der Waals surface area contributed by atoms with Crippen molar-refractivity contribution in [1.82, 2.24) is 0 Å². The second-order valence-electron chi connectivity index (χ2n) is 8.29. The maximum absolute atomic E-state index is 12.9. The van der Waals surface area contributed by atoms with E-state index in [0.717, 1.165) is 0 Å². The summed E-state index contributed by atoms with van der Waals surface area (Å²) in [7, 11) is 0. The standard InChI is InChI=1S/C17H22O8/c1-5-22-16(14(2,3)4)6-8-15(7-9(18)23-8)12(21)25-13-17(15,16)10(19)11(20)24-13/h8,10,13,19H,5-7H2,1-4H3/t8?,10-,13?,15?,16-,17?/m1/s1. The van der Waals surface area contributed by atoms with E-state index in [9.17, 15) is 19.5 Å². The maximum Gasteiger partial charge on any atom is 0.339 e. The molecule has 0 bridgehead atoms. The van der Waals surface area contributed by atoms with Gasteiger partial charge in [0.15, 0.2) is 6.10 Å². The van der Waals surface area contributed by atoms with Crippen molar-refractivity contribution in [3.05, 3.63) is 0 Å². The van der Waals surface area contributed by atoms with E-state index in [4.69, 9.17) is 18.9 Å². The van der Waals surface area contributed by atoms with Crippen molar-refractivity contribution < 1.29 is 38.4 Å². The van der Waals surface area contributed by atoms with Gasteiger partial charge in [-0.3, -0.25) is 9.59 Å². The zero-order valence-corrected chi connectivity index (χ0v) is 14.7. The molecule has 3 heterocycles. The average Bonchev–Trinajstić information content (AvgIpc) is 3.09. The summed E-state index contributed by atoms with van der Waals surface area (Å²) in [5.41, 5.74) is -4.77. The van der Waals surface area contributed by atoms with Crippen LogP contribution in [0.3, 0.4) is 0 Å². The summed E-state index contributed by atoms with van der Waals surface area (Å²) in [5, 5.41) is 10.9. The number of hydrogen-bond donors (Lipinski definition) is 1. The molecule has 6 atom stereocenters. The van der Waals surface area contributed by atoms with Crippen LogP contribution in [0.15, 0.2) is 0 Å². The highest BCUT2D eigenvalue weighted by Crippen LogP contribution is 2.76. The smallest absolute Gasteiger partial charge is 0.339 e. The fraction of sp³-hybridized carbons (Fsp3) is 0.824. The van der Waals surface area contributed by atoms with Gasteiger partial charge in [-0.1, -0.05) is 20.8 Å². The molecule has 138 valence electrons. The lowest BCUT2D eigenvalue weighted by Crippen LogP contribution is -2.66. The SMILES string of the molecule is CCO[C@@]1(C(C)(C)C)CC2OC(=O)CC23C(=O)OC2OC(=O)[C@@H](O)C231. The van der Waals surface area contributed by atoms with Crippen molar-refractivity contribution in [1.29, 1.82) is 0 Å². The van der Waals surface area contributed by atoms with Crippen LogP contribution in [0.4, 0.5) is 0 Å². The third kappa shape index (κ3) is 1.47. The average molecular weight is 354 g/mol. The second kappa shape index (κ2) is 4.54. The molecule has 0 aromatic rings. The van der Waals surface area contributed by atoms with Gasteiger partial charge in [-0.05, 0) is 12.3 Å². The number of hydrogen-bond acceptors (Lipinski definition) is 8. The quantitative estimate of drug-likeness (QED) is 0.706. The van der Waals surface area contributed by atoms with Crippen molar-refractivity contribution in [2.75, 3.05) is 6.61 Å². The van der Waals surface area contributed by atoms with Gasteiger partial charge in [-0.15, -0.1) is 0 Å². The minimum atomic E-state index is -1.64. The first-order chi connectivity index (χ1) is 11.6. The number of esters is 3. The van der Waals surface area contributed by atoms with Gasteiger partial charge in [0.2, 0.25) is 0 Å². The van der Waals surface area contributed by atoms with Crippen LogP contribution in [0, 0.1) is 16.2 Å². The van der Waals surface area contributed by atoms with Crippen LogP contribution in [0.2, 0.25) is 0 Å². The minimum Gasteiger partial charge on any atom is -0.461 e. The normalized spacial score (nSPS) is 47.9. The summed E-state index contributed by atoms with van der Waals surface area (Å²) in [5.74, 6) is -2.09. The lowest BCUT2D eigenvalue weighted by atomic mass is 9.52. The number of carbonyl (C=O) groups is 3. The summed E-state index contributed by atoms with van der Waals surface area (Å²) < 4.78 is 22.2. The maximum atomic E-state index is 12.9. The number of ether oxygens (including phenoxy) is 4. The molecule has 8 heteroatoms. The van der Waals surface area contributed by atoms with Gasteiger partial charge in [-0.2, -0.15) is 0 Å². The van der Waals surface area contributed by atoms with Crippen LogP contribution in [0.25, 0.3) is 0 Å². The van der Waals surface area contributed by atoms with Gasteiger partial charge < -0.3 is 24.1 Å². The van der Waals surface area contributed by atoms with Crippen molar-refractivity contribution in [2.45, 2.75) is 64.6 Å². The van der Waals surface area contributed by atoms with E-state index in [1.807, 2.05) is 20.8 Å². The molecule has 4 fully saturated rings. The molecule has 3 aliphatic heterocycles. The van der Waals surface area contributed by atoms with Gasteiger partial charge in [0.1, 0.15) is 16.9 Å². The Bertz CT molecular complexity index is 681. The molecule has 0 radical (unpaired) electrons. The van der Waals surface area contributed by atoms with Crippen molar-refractivity contribution >= 4 is 17.9 Å². The summed E-state index contributed by atoms with van der Waals surface area (Å²) in [6.07, 6.45) is -3.84. The molecule has 1 aliphatic carbocycles. The second-order valence-corrected chi connectivity index (χ2v) is 8.29. The molecule has 4 rings (SSSR count). The summed E-state index contributed by atoms with van der Waals surface area (Å²) in [4.78, 5) is 37.2. The van der Waals surface area contributed by atoms with Crippen molar-refractivity contribution in [2.24, 2.45) is 16.2 Å². The first-order valence-electron chi connectivity index (χ1n) is 8.51. The van der Waals surface area contributed by atoms with Crippen LogP contribution < -0.4 is 0 Å². The number of carbonyl (C=O) groups excluding carboxylic acids is 3. The molecular formula is C17H22O8. The number of aliphatic hydroxyl groups excluding tert-OH is 1. The molecule has 4 unspecified atom stereocenters. The van der Waals surface area contributed by atoms with Crippen LogP contribution in [-0.4, -0.2) is 53.7 Å². The number of aliphatic hydroxyl groups is 1. The molecule has 3 saturated heterocycles. The lowest BCUT2D eigenvalue weighted by molar-refractivity contribution is -0.246. The fourth-order valence-corrected chi connectivity index (χ4v) is 5.76. The first-order valence-corrected chi connectivity index (χ1v) is 8.51. The van der Waals surface area contributed by atoms with Crippen LogP contribution in [-0.2, 0) is 33.3 Å². The Hall–Kier alpha value is -1.67. The molecule has 1 saturated carbocycles. The van der Waals surface area contributed by atoms with Gasteiger partial charge >= 0.3 is 17.9 Å². The zero-order chi connectivity index (χ0) is 18.4. The molecule has 4 aliphatic rings. The molecule has 0 amide bonds. The minimum absolute atomic E-state index is 0.190. The monoisotopic (exact) mass is 354 g/mol. The van der Waals surface area contributed by atoms with E-state index < -0.39 is 58.3 Å². The molecule has 1 N–H and O–H groups in total. The van der Waals surface area contributed by atoms with E-state index in [0.29, 0.717) is 0 Å². The van der Waals surface area contributed by atoms with Gasteiger partial charge in [-0.25, -0.2) is 4.79 Å². The van der Waals surface area contributed by atoms with E-state index in [2.05, 4.69) is 0 Å². The predicted molar refractivity (Wildman–Crippen MR) is 79.8 cm³/mol. The highest BCUT2D eigenvalue weighted by molar-refractivity contribution is 5.94. The lowest BCUT2D eigenvalue weighted by Gasteiger charge is -2.52. The molecule has 0 aromatic carbocycles. The van der Waals surface area contributed by atoms with Crippen LogP contribution in [0.1, 0.15) is 40.5 Å². The van der Waals surface area contributed by atoms with Crippen LogP contribution >= 0.6 is 0 Å². The molecule has 0 aromatic heterocycles. The van der Waals surface area contributed by atoms with E-state index in [1.54, 1.807) is 6.92 Å². The topological polar surface area (TPSA) is 108 Å². The Morgan fingerprint density at radius 3 is 2.48 bits per heavy atom. The Labute approximate surface area is 144 Å². The van der Waals surface area contributed by atoms with Gasteiger partial charge in [0.25, 0.3) is 6.29 Å². The Kier molecular flexibility index (Phi) is 3.04. The van der Waals surface area contributed by atoms with Crippen molar-refractivity contribution in [3.63, 3.8) is 0 Å². The largest absolute Gasteiger partial charge is 0.461 e. The summed E-state index contributed by atoms with van der Waals surface area (Å²) in [6.45, 7) is 7.81. The van der Waals surface area contributed by atoms with E-state index in [1.165, 1.54) is 0 Å². The van der Waals surface area contributed by atoms with Gasteiger partial charge in [0, 0.05) is 13.0 Å². The third-order valence-electron chi connectivity index (χ3n) is 6.56. The number of rotatable bonds is 2. The third-order valence-corrected chi connectivity index (χ3v) is 6.56. The molecule has 2 spiro atoms. The van der Waals surface area contributed by atoms with Crippen LogP contribution in [0.5, 0.6) is 0 Å². The summed E-state index contributed by atoms with van der Waals surface area (Å²) >= 11 is 0. The highest BCUT2D eigenvalue weighted by atomic mass is 16.7. The van der Waals surface area contributed by atoms with E-state index in [-0.39, 0.29) is 19.4 Å². The summed E-state index contributed by atoms with van der Waals surface area (Å²) in [6, 6.07) is 0. The predicted octanol–water partition coefficient (Wildman–Crippen LogP) is 0.300. The first kappa shape index (κ1) is 16.8. The molecular weight excluding hydrogens is 332 g/mol. The van der Waals surface area contributed by atoms with E-state index >= 15 is 0 Å². The molecule has 8 nitrogen and oxygen atoms in total. The Morgan fingerprint density at radius 2 is 1.88 bits per heavy atom. The fourth-order valence-electron chi connectivity index (χ4n) is 5.76. The van der Waals surface area contributed by atoms with Gasteiger partial charge in [0.05, 0.1) is 12.0 Å². The molecule has 25 heavy (non-hydrogen) atoms. The Morgan fingerprint density at radius 1 is 1.20 bits per heavy atom. The highest BCUT2D eigenvalue weighted by Gasteiger charge is 2.93. The van der Waals surface area contributed by atoms with Crippen molar-refractivity contribution in [3.8, 4) is 0 Å².